The normalized spacial score (nSPS) is 17.3. The number of nitrogen functional groups attached to an aromatic ring is 1. The molecule has 0 saturated carbocycles. The second-order valence-electron chi connectivity index (χ2n) is 7.43. The molecule has 1 amide bonds. The molecule has 1 aromatic carbocycles. The number of carbonyl (C=O) groups excluding carboxylic acids is 1. The van der Waals surface area contributed by atoms with Gasteiger partial charge >= 0.3 is 0 Å². The summed E-state index contributed by atoms with van der Waals surface area (Å²) in [7, 11) is 3.18. The number of carbonyl (C=O) groups is 1. The zero-order chi connectivity index (χ0) is 19.7. The standard InChI is InChI=1S/C20H27N5O3.ClH/c1-27-16-11-14-15(12-17(16)28-2)22-20(23-18(14)21)25-9-5-13(6-10-25)19(26)24-7-3-4-8-24;/h11-13H,3-10H2,1-2H3,(H2,21,22,23);1H. The monoisotopic (exact) mass is 421 g/mol. The lowest BCUT2D eigenvalue weighted by molar-refractivity contribution is -0.135. The molecule has 0 radical (unpaired) electrons. The van der Waals surface area contributed by atoms with Gasteiger partial charge in [-0.15, -0.1) is 12.4 Å². The van der Waals surface area contributed by atoms with Crippen LogP contribution in [0.25, 0.3) is 10.9 Å². The summed E-state index contributed by atoms with van der Waals surface area (Å²) in [4.78, 5) is 26.0. The molecule has 8 nitrogen and oxygen atoms in total. The molecule has 29 heavy (non-hydrogen) atoms. The minimum absolute atomic E-state index is 0. The molecular weight excluding hydrogens is 394 g/mol. The van der Waals surface area contributed by atoms with Gasteiger partial charge in [-0.25, -0.2) is 4.98 Å². The summed E-state index contributed by atoms with van der Waals surface area (Å²) in [5.41, 5.74) is 6.92. The first-order valence-electron chi connectivity index (χ1n) is 9.83. The number of methoxy groups -OCH3 is 2. The van der Waals surface area contributed by atoms with E-state index in [-0.39, 0.29) is 18.3 Å². The highest BCUT2D eigenvalue weighted by Gasteiger charge is 2.30. The van der Waals surface area contributed by atoms with Gasteiger partial charge < -0.3 is 25.0 Å². The molecule has 2 aliphatic heterocycles. The maximum atomic E-state index is 12.6. The molecular formula is C20H28ClN5O3. The van der Waals surface area contributed by atoms with Crippen molar-refractivity contribution in [2.75, 3.05) is 51.0 Å². The van der Waals surface area contributed by atoms with Crippen LogP contribution in [0.3, 0.4) is 0 Å². The molecule has 0 unspecified atom stereocenters. The summed E-state index contributed by atoms with van der Waals surface area (Å²) in [5, 5.41) is 0.737. The molecule has 3 heterocycles. The van der Waals surface area contributed by atoms with Crippen LogP contribution in [0.5, 0.6) is 11.5 Å². The van der Waals surface area contributed by atoms with Crippen molar-refractivity contribution < 1.29 is 14.3 Å². The second-order valence-corrected chi connectivity index (χ2v) is 7.43. The Labute approximate surface area is 176 Å². The Balaban J connectivity index is 0.00000240. The summed E-state index contributed by atoms with van der Waals surface area (Å²) >= 11 is 0. The van der Waals surface area contributed by atoms with Gasteiger partial charge in [-0.2, -0.15) is 4.98 Å². The Kier molecular flexibility index (Phi) is 6.52. The summed E-state index contributed by atoms with van der Waals surface area (Å²) < 4.78 is 10.7. The average Bonchev–Trinajstić information content (AvgIpc) is 3.27. The Morgan fingerprint density at radius 3 is 2.28 bits per heavy atom. The highest BCUT2D eigenvalue weighted by molar-refractivity contribution is 5.91. The number of fused-ring (bicyclic) bond motifs is 1. The molecule has 158 valence electrons. The van der Waals surface area contributed by atoms with Gasteiger partial charge in [0.25, 0.3) is 0 Å². The number of halogens is 1. The largest absolute Gasteiger partial charge is 0.493 e. The van der Waals surface area contributed by atoms with Crippen LogP contribution in [0.15, 0.2) is 12.1 Å². The minimum atomic E-state index is 0. The summed E-state index contributed by atoms with van der Waals surface area (Å²) in [6.07, 6.45) is 3.90. The van der Waals surface area contributed by atoms with Crippen LogP contribution in [0, 0.1) is 5.92 Å². The molecule has 2 fully saturated rings. The molecule has 0 aliphatic carbocycles. The van der Waals surface area contributed by atoms with Crippen molar-refractivity contribution in [2.45, 2.75) is 25.7 Å². The third-order valence-corrected chi connectivity index (χ3v) is 5.76. The smallest absolute Gasteiger partial charge is 0.227 e. The number of benzene rings is 1. The van der Waals surface area contributed by atoms with Crippen LogP contribution in [-0.4, -0.2) is 61.2 Å². The summed E-state index contributed by atoms with van der Waals surface area (Å²) in [6.45, 7) is 3.33. The van der Waals surface area contributed by atoms with Gasteiger partial charge in [0.15, 0.2) is 11.5 Å². The topological polar surface area (TPSA) is 93.8 Å². The SMILES string of the molecule is COc1cc2nc(N3CCC(C(=O)N4CCCC4)CC3)nc(N)c2cc1OC.Cl. The van der Waals surface area contributed by atoms with Crippen molar-refractivity contribution in [1.29, 1.82) is 0 Å². The van der Waals surface area contributed by atoms with E-state index in [1.807, 2.05) is 11.0 Å². The molecule has 4 rings (SSSR count). The molecule has 1 aromatic heterocycles. The van der Waals surface area contributed by atoms with E-state index in [4.69, 9.17) is 20.2 Å². The maximum absolute atomic E-state index is 12.6. The van der Waals surface area contributed by atoms with Gasteiger partial charge in [-0.3, -0.25) is 4.79 Å². The minimum Gasteiger partial charge on any atom is -0.493 e. The number of hydrogen-bond acceptors (Lipinski definition) is 7. The van der Waals surface area contributed by atoms with Crippen molar-refractivity contribution in [3.63, 3.8) is 0 Å². The second kappa shape index (κ2) is 8.90. The lowest BCUT2D eigenvalue weighted by Crippen LogP contribution is -2.42. The van der Waals surface area contributed by atoms with Crippen molar-refractivity contribution in [1.82, 2.24) is 14.9 Å². The Morgan fingerprint density at radius 1 is 1.03 bits per heavy atom. The van der Waals surface area contributed by atoms with Crippen LogP contribution >= 0.6 is 12.4 Å². The Bertz CT molecular complexity index is 880. The van der Waals surface area contributed by atoms with E-state index in [0.717, 1.165) is 62.8 Å². The number of nitrogens with two attached hydrogens (primary N) is 1. The fourth-order valence-corrected chi connectivity index (χ4v) is 4.13. The van der Waals surface area contributed by atoms with E-state index in [0.29, 0.717) is 29.2 Å². The molecule has 0 atom stereocenters. The lowest BCUT2D eigenvalue weighted by atomic mass is 9.95. The first-order chi connectivity index (χ1) is 13.6. The van der Waals surface area contributed by atoms with Crippen molar-refractivity contribution in [3.05, 3.63) is 12.1 Å². The van der Waals surface area contributed by atoms with Gasteiger partial charge in [-0.05, 0) is 31.7 Å². The number of likely N-dealkylation sites (tertiary alicyclic amines) is 1. The van der Waals surface area contributed by atoms with Gasteiger partial charge in [0.2, 0.25) is 11.9 Å². The van der Waals surface area contributed by atoms with Crippen molar-refractivity contribution >= 4 is 41.0 Å². The van der Waals surface area contributed by atoms with Crippen LogP contribution in [0.2, 0.25) is 0 Å². The number of ether oxygens (including phenoxy) is 2. The van der Waals surface area contributed by atoms with E-state index in [1.54, 1.807) is 20.3 Å². The highest BCUT2D eigenvalue weighted by Crippen LogP contribution is 2.34. The van der Waals surface area contributed by atoms with E-state index in [9.17, 15) is 4.79 Å². The zero-order valence-electron chi connectivity index (χ0n) is 16.9. The van der Waals surface area contributed by atoms with Gasteiger partial charge in [-0.1, -0.05) is 0 Å². The number of nitrogens with zero attached hydrogens (tertiary/aromatic N) is 4. The third kappa shape index (κ3) is 4.12. The molecule has 2 aromatic rings. The molecule has 2 aliphatic rings. The lowest BCUT2D eigenvalue weighted by Gasteiger charge is -2.33. The summed E-state index contributed by atoms with van der Waals surface area (Å²) in [6, 6.07) is 3.62. The fourth-order valence-electron chi connectivity index (χ4n) is 4.13. The Morgan fingerprint density at radius 2 is 1.66 bits per heavy atom. The molecule has 0 bridgehead atoms. The number of amides is 1. The van der Waals surface area contributed by atoms with Gasteiger partial charge in [0.1, 0.15) is 5.82 Å². The molecule has 2 N–H and O–H groups in total. The maximum Gasteiger partial charge on any atom is 0.227 e. The van der Waals surface area contributed by atoms with Crippen LogP contribution < -0.4 is 20.1 Å². The first kappa shape index (κ1) is 21.2. The van der Waals surface area contributed by atoms with Crippen molar-refractivity contribution in [3.8, 4) is 11.5 Å². The molecule has 9 heteroatoms. The number of aromatic nitrogens is 2. The fraction of sp³-hybridized carbons (Fsp3) is 0.550. The van der Waals surface area contributed by atoms with Crippen LogP contribution in [-0.2, 0) is 4.79 Å². The predicted molar refractivity (Wildman–Crippen MR) is 115 cm³/mol. The number of piperidine rings is 1. The number of hydrogen-bond donors (Lipinski definition) is 1. The van der Waals surface area contributed by atoms with Gasteiger partial charge in [0.05, 0.1) is 19.7 Å². The average molecular weight is 422 g/mol. The third-order valence-electron chi connectivity index (χ3n) is 5.76. The van der Waals surface area contributed by atoms with E-state index in [1.165, 1.54) is 0 Å². The molecule has 0 spiro atoms. The first-order valence-corrected chi connectivity index (χ1v) is 9.83. The van der Waals surface area contributed by atoms with E-state index >= 15 is 0 Å². The molecule has 2 saturated heterocycles. The van der Waals surface area contributed by atoms with E-state index < -0.39 is 0 Å². The highest BCUT2D eigenvalue weighted by atomic mass is 35.5. The van der Waals surface area contributed by atoms with Crippen LogP contribution in [0.1, 0.15) is 25.7 Å². The van der Waals surface area contributed by atoms with E-state index in [2.05, 4.69) is 9.88 Å². The predicted octanol–water partition coefficient (Wildman–Crippen LogP) is 2.49. The van der Waals surface area contributed by atoms with Gasteiger partial charge in [0, 0.05) is 43.5 Å². The number of rotatable bonds is 4. The van der Waals surface area contributed by atoms with Crippen LogP contribution in [0.4, 0.5) is 11.8 Å². The Hall–Kier alpha value is -2.48. The zero-order valence-corrected chi connectivity index (χ0v) is 17.7. The van der Waals surface area contributed by atoms with Crippen molar-refractivity contribution in [2.24, 2.45) is 5.92 Å². The number of anilines is 2. The summed E-state index contributed by atoms with van der Waals surface area (Å²) in [5.74, 6) is 2.64. The quantitative estimate of drug-likeness (QED) is 0.810.